The number of carbonyl (C=O) groups is 1. The summed E-state index contributed by atoms with van der Waals surface area (Å²) in [5.41, 5.74) is 2.82. The predicted molar refractivity (Wildman–Crippen MR) is 109 cm³/mol. The molecular formula is C22H27FN4O2. The van der Waals surface area contributed by atoms with Crippen molar-refractivity contribution in [1.82, 2.24) is 14.9 Å². The standard InChI is InChI=1S/C22H27FN4O2/c1-2-3-4-20(28)27-10-9-19-18(15-27)22(26-11-13-29-14-12-26)25-21(24-19)16-5-7-17(23)8-6-16/h5-8H,2-4,9-15H2,1H3. The summed E-state index contributed by atoms with van der Waals surface area (Å²) >= 11 is 0. The largest absolute Gasteiger partial charge is 0.378 e. The summed E-state index contributed by atoms with van der Waals surface area (Å²) < 4.78 is 18.9. The average molecular weight is 398 g/mol. The zero-order valence-electron chi connectivity index (χ0n) is 16.9. The van der Waals surface area contributed by atoms with Gasteiger partial charge in [0.15, 0.2) is 5.82 Å². The second-order valence-corrected chi connectivity index (χ2v) is 7.57. The van der Waals surface area contributed by atoms with Crippen molar-refractivity contribution in [3.8, 4) is 11.4 Å². The average Bonchev–Trinajstić information content (AvgIpc) is 2.77. The molecule has 1 amide bonds. The van der Waals surface area contributed by atoms with Crippen LogP contribution in [0.25, 0.3) is 11.4 Å². The number of aromatic nitrogens is 2. The van der Waals surface area contributed by atoms with Crippen molar-refractivity contribution in [2.24, 2.45) is 0 Å². The van der Waals surface area contributed by atoms with E-state index < -0.39 is 0 Å². The fraction of sp³-hybridized carbons (Fsp3) is 0.500. The number of nitrogens with zero attached hydrogens (tertiary/aromatic N) is 4. The van der Waals surface area contributed by atoms with Crippen molar-refractivity contribution in [2.75, 3.05) is 37.7 Å². The Morgan fingerprint density at radius 2 is 1.90 bits per heavy atom. The molecule has 1 saturated heterocycles. The van der Waals surface area contributed by atoms with Gasteiger partial charge in [-0.15, -0.1) is 0 Å². The highest BCUT2D eigenvalue weighted by molar-refractivity contribution is 5.77. The molecule has 7 heteroatoms. The molecule has 154 valence electrons. The summed E-state index contributed by atoms with van der Waals surface area (Å²) in [7, 11) is 0. The molecule has 0 unspecified atom stereocenters. The number of carbonyl (C=O) groups excluding carboxylic acids is 1. The van der Waals surface area contributed by atoms with E-state index in [1.165, 1.54) is 12.1 Å². The highest BCUT2D eigenvalue weighted by Gasteiger charge is 2.28. The SMILES string of the molecule is CCCCC(=O)N1CCc2nc(-c3ccc(F)cc3)nc(N3CCOCC3)c2C1. The maximum absolute atomic E-state index is 13.4. The fourth-order valence-corrected chi connectivity index (χ4v) is 3.86. The van der Waals surface area contributed by atoms with Gasteiger partial charge in [0, 0.05) is 43.6 Å². The number of amides is 1. The van der Waals surface area contributed by atoms with E-state index >= 15 is 0 Å². The van der Waals surface area contributed by atoms with Crippen LogP contribution in [-0.4, -0.2) is 53.6 Å². The lowest BCUT2D eigenvalue weighted by Gasteiger charge is -2.34. The van der Waals surface area contributed by atoms with Crippen molar-refractivity contribution in [1.29, 1.82) is 0 Å². The van der Waals surface area contributed by atoms with Gasteiger partial charge in [0.2, 0.25) is 5.91 Å². The van der Waals surface area contributed by atoms with Gasteiger partial charge in [-0.25, -0.2) is 14.4 Å². The van der Waals surface area contributed by atoms with Gasteiger partial charge < -0.3 is 14.5 Å². The first-order valence-electron chi connectivity index (χ1n) is 10.4. The molecule has 0 saturated carbocycles. The van der Waals surface area contributed by atoms with Crippen LogP contribution < -0.4 is 4.90 Å². The van der Waals surface area contributed by atoms with Gasteiger partial charge >= 0.3 is 0 Å². The van der Waals surface area contributed by atoms with E-state index in [-0.39, 0.29) is 11.7 Å². The maximum atomic E-state index is 13.4. The number of morpholine rings is 1. The van der Waals surface area contributed by atoms with Crippen LogP contribution in [0.1, 0.15) is 37.4 Å². The Bertz CT molecular complexity index is 866. The quantitative estimate of drug-likeness (QED) is 0.774. The summed E-state index contributed by atoms with van der Waals surface area (Å²) in [4.78, 5) is 26.4. The number of hydrogen-bond acceptors (Lipinski definition) is 5. The smallest absolute Gasteiger partial charge is 0.222 e. The third kappa shape index (κ3) is 4.40. The molecular weight excluding hydrogens is 371 g/mol. The van der Waals surface area contributed by atoms with E-state index in [9.17, 15) is 9.18 Å². The van der Waals surface area contributed by atoms with Crippen LogP contribution in [0, 0.1) is 5.82 Å². The topological polar surface area (TPSA) is 58.6 Å². The molecule has 1 aromatic heterocycles. The van der Waals surface area contributed by atoms with Crippen LogP contribution in [0.5, 0.6) is 0 Å². The first-order valence-corrected chi connectivity index (χ1v) is 10.4. The molecule has 29 heavy (non-hydrogen) atoms. The van der Waals surface area contributed by atoms with Crippen molar-refractivity contribution in [2.45, 2.75) is 39.2 Å². The lowest BCUT2D eigenvalue weighted by Crippen LogP contribution is -2.41. The first-order chi connectivity index (χ1) is 14.2. The van der Waals surface area contributed by atoms with E-state index in [1.54, 1.807) is 12.1 Å². The third-order valence-corrected chi connectivity index (χ3v) is 5.55. The van der Waals surface area contributed by atoms with E-state index in [4.69, 9.17) is 14.7 Å². The van der Waals surface area contributed by atoms with Crippen molar-refractivity contribution < 1.29 is 13.9 Å². The molecule has 0 aliphatic carbocycles. The van der Waals surface area contributed by atoms with Gasteiger partial charge in [-0.05, 0) is 30.7 Å². The molecule has 0 spiro atoms. The number of fused-ring (bicyclic) bond motifs is 1. The van der Waals surface area contributed by atoms with Gasteiger partial charge in [-0.3, -0.25) is 4.79 Å². The third-order valence-electron chi connectivity index (χ3n) is 5.55. The Hall–Kier alpha value is -2.54. The molecule has 2 aliphatic heterocycles. The summed E-state index contributed by atoms with van der Waals surface area (Å²) in [5, 5.41) is 0. The van der Waals surface area contributed by atoms with Gasteiger partial charge in [-0.2, -0.15) is 0 Å². The van der Waals surface area contributed by atoms with Crippen LogP contribution in [0.3, 0.4) is 0 Å². The number of hydrogen-bond donors (Lipinski definition) is 0. The Morgan fingerprint density at radius 1 is 1.14 bits per heavy atom. The Balaban J connectivity index is 1.69. The minimum Gasteiger partial charge on any atom is -0.378 e. The molecule has 0 radical (unpaired) electrons. The molecule has 4 rings (SSSR count). The zero-order valence-corrected chi connectivity index (χ0v) is 16.9. The molecule has 0 bridgehead atoms. The van der Waals surface area contributed by atoms with Crippen molar-refractivity contribution in [3.05, 3.63) is 41.3 Å². The lowest BCUT2D eigenvalue weighted by atomic mass is 10.0. The minimum atomic E-state index is -0.277. The van der Waals surface area contributed by atoms with Crippen LogP contribution in [0.2, 0.25) is 0 Å². The normalized spacial score (nSPS) is 16.6. The highest BCUT2D eigenvalue weighted by Crippen LogP contribution is 2.30. The number of unbranched alkanes of at least 4 members (excludes halogenated alkanes) is 1. The second-order valence-electron chi connectivity index (χ2n) is 7.57. The lowest BCUT2D eigenvalue weighted by molar-refractivity contribution is -0.132. The number of ether oxygens (including phenoxy) is 1. The zero-order chi connectivity index (χ0) is 20.2. The molecule has 1 aromatic carbocycles. The fourth-order valence-electron chi connectivity index (χ4n) is 3.86. The van der Waals surface area contributed by atoms with Crippen LogP contribution in [0.4, 0.5) is 10.2 Å². The minimum absolute atomic E-state index is 0.202. The monoisotopic (exact) mass is 398 g/mol. The van der Waals surface area contributed by atoms with Gasteiger partial charge in [0.05, 0.1) is 25.5 Å². The number of halogens is 1. The number of anilines is 1. The first kappa shape index (κ1) is 19.8. The Morgan fingerprint density at radius 3 is 2.62 bits per heavy atom. The predicted octanol–water partition coefficient (Wildman–Crippen LogP) is 3.19. The molecule has 0 N–H and O–H groups in total. The van der Waals surface area contributed by atoms with E-state index in [1.807, 2.05) is 4.90 Å². The molecule has 0 atom stereocenters. The van der Waals surface area contributed by atoms with Crippen LogP contribution in [-0.2, 0) is 22.5 Å². The Kier molecular flexibility index (Phi) is 6.04. The van der Waals surface area contributed by atoms with Gasteiger partial charge in [0.1, 0.15) is 11.6 Å². The van der Waals surface area contributed by atoms with E-state index in [2.05, 4.69) is 11.8 Å². The van der Waals surface area contributed by atoms with Crippen molar-refractivity contribution in [3.63, 3.8) is 0 Å². The van der Waals surface area contributed by atoms with Gasteiger partial charge in [-0.1, -0.05) is 13.3 Å². The molecule has 3 heterocycles. The molecule has 2 aromatic rings. The Labute approximate surface area is 170 Å². The number of rotatable bonds is 5. The number of benzene rings is 1. The second kappa shape index (κ2) is 8.86. The van der Waals surface area contributed by atoms with Crippen molar-refractivity contribution >= 4 is 11.7 Å². The summed E-state index contributed by atoms with van der Waals surface area (Å²) in [6, 6.07) is 6.29. The molecule has 6 nitrogen and oxygen atoms in total. The van der Waals surface area contributed by atoms with Crippen LogP contribution >= 0.6 is 0 Å². The molecule has 1 fully saturated rings. The molecule has 2 aliphatic rings. The van der Waals surface area contributed by atoms with Crippen LogP contribution in [0.15, 0.2) is 24.3 Å². The maximum Gasteiger partial charge on any atom is 0.222 e. The summed E-state index contributed by atoms with van der Waals surface area (Å²) in [5.74, 6) is 1.41. The summed E-state index contributed by atoms with van der Waals surface area (Å²) in [6.07, 6.45) is 3.23. The van der Waals surface area contributed by atoms with E-state index in [0.717, 1.165) is 48.6 Å². The summed E-state index contributed by atoms with van der Waals surface area (Å²) in [6.45, 7) is 6.16. The highest BCUT2D eigenvalue weighted by atomic mass is 19.1. The van der Waals surface area contributed by atoms with E-state index in [0.29, 0.717) is 45.0 Å². The van der Waals surface area contributed by atoms with Gasteiger partial charge in [0.25, 0.3) is 0 Å².